The van der Waals surface area contributed by atoms with Gasteiger partial charge in [-0.05, 0) is 65.5 Å². The number of carbonyl (C=O) groups is 1. The van der Waals surface area contributed by atoms with Crippen LogP contribution in [-0.2, 0) is 14.3 Å². The number of amides is 1. The van der Waals surface area contributed by atoms with Gasteiger partial charge in [-0.3, -0.25) is 4.79 Å². The van der Waals surface area contributed by atoms with Crippen molar-refractivity contribution in [3.8, 4) is 11.3 Å². The Hall–Kier alpha value is -2.23. The lowest BCUT2D eigenvalue weighted by Gasteiger charge is -2.45. The Kier molecular flexibility index (Phi) is 9.50. The molecule has 0 unspecified atom stereocenters. The maximum atomic E-state index is 14.7. The molecule has 1 aliphatic carbocycles. The van der Waals surface area contributed by atoms with Crippen molar-refractivity contribution in [2.45, 2.75) is 61.9 Å². The van der Waals surface area contributed by atoms with Crippen LogP contribution in [-0.4, -0.2) is 86.5 Å². The third-order valence-corrected chi connectivity index (χ3v) is 8.70. The van der Waals surface area contributed by atoms with Crippen LogP contribution in [0.25, 0.3) is 11.3 Å². The molecular weight excluding hydrogens is 665 g/mol. The van der Waals surface area contributed by atoms with Crippen molar-refractivity contribution in [3.05, 3.63) is 62.7 Å². The quantitative estimate of drug-likeness (QED) is 0.318. The van der Waals surface area contributed by atoms with Crippen LogP contribution >= 0.6 is 39.1 Å². The molecule has 1 amide bonds. The minimum absolute atomic E-state index is 0.0415. The predicted octanol–water partition coefficient (Wildman–Crippen LogP) is 3.92. The van der Waals surface area contributed by atoms with Gasteiger partial charge in [-0.25, -0.2) is 13.5 Å². The number of halogens is 5. The van der Waals surface area contributed by atoms with E-state index in [0.29, 0.717) is 24.9 Å². The average molecular weight is 692 g/mol. The number of benzene rings is 2. The number of aromatic nitrogens is 3. The molecule has 1 saturated carbocycles. The van der Waals surface area contributed by atoms with E-state index in [0.717, 1.165) is 0 Å². The summed E-state index contributed by atoms with van der Waals surface area (Å²) in [4.78, 5) is 15.7. The summed E-state index contributed by atoms with van der Waals surface area (Å²) in [5, 5.41) is 40.6. The van der Waals surface area contributed by atoms with Gasteiger partial charge in [0, 0.05) is 28.4 Å². The first kappa shape index (κ1) is 31.2. The summed E-state index contributed by atoms with van der Waals surface area (Å²) in [7, 11) is 1.31. The third-order valence-electron chi connectivity index (χ3n) is 7.65. The van der Waals surface area contributed by atoms with Crippen LogP contribution in [0, 0.1) is 11.6 Å². The standard InChI is InChI=1S/C27H27BrCl2F2N4O6/c1-41-25-23(35-10-17(33-34-35)15-5-6-16(28)22(32)21(15)31)24(39)20(11-37)42-26(25)27(40)36(18-3-2-4-19(18)38)14-8-12(29)7-13(30)9-14/h5-10,18-20,23-26,37-39H,2-4,11H2,1H3/t18-,19-,20+,23-,24-,25+,26+/m0/s1. The minimum atomic E-state index is -1.45. The van der Waals surface area contributed by atoms with E-state index < -0.39 is 66.8 Å². The fourth-order valence-corrected chi connectivity index (χ4v) is 6.47. The number of methoxy groups -OCH3 is 1. The smallest absolute Gasteiger partial charge is 0.259 e. The largest absolute Gasteiger partial charge is 0.394 e. The second-order valence-corrected chi connectivity index (χ2v) is 11.9. The molecule has 0 radical (unpaired) electrons. The monoisotopic (exact) mass is 690 g/mol. The lowest BCUT2D eigenvalue weighted by Crippen LogP contribution is -2.62. The number of ether oxygens (including phenoxy) is 2. The number of hydrogen-bond acceptors (Lipinski definition) is 8. The zero-order chi connectivity index (χ0) is 30.3. The zero-order valence-corrected chi connectivity index (χ0v) is 25.2. The fraction of sp³-hybridized carbons (Fsp3) is 0.444. The first-order chi connectivity index (χ1) is 20.0. The van der Waals surface area contributed by atoms with Crippen LogP contribution in [0.15, 0.2) is 41.0 Å². The number of aliphatic hydroxyl groups excluding tert-OH is 3. The van der Waals surface area contributed by atoms with Crippen LogP contribution < -0.4 is 4.90 Å². The van der Waals surface area contributed by atoms with Gasteiger partial charge < -0.3 is 29.7 Å². The Morgan fingerprint density at radius 2 is 1.90 bits per heavy atom. The van der Waals surface area contributed by atoms with E-state index in [4.69, 9.17) is 32.7 Å². The molecule has 2 fully saturated rings. The van der Waals surface area contributed by atoms with Crippen molar-refractivity contribution in [2.24, 2.45) is 0 Å². The Balaban J connectivity index is 1.55. The van der Waals surface area contributed by atoms with E-state index in [1.54, 1.807) is 0 Å². The minimum Gasteiger partial charge on any atom is -0.394 e. The Bertz CT molecular complexity index is 1450. The van der Waals surface area contributed by atoms with E-state index in [9.17, 15) is 28.9 Å². The summed E-state index contributed by atoms with van der Waals surface area (Å²) >= 11 is 15.4. The van der Waals surface area contributed by atoms with Gasteiger partial charge in [0.1, 0.15) is 30.0 Å². The van der Waals surface area contributed by atoms with Crippen LogP contribution in [0.1, 0.15) is 25.3 Å². The molecule has 5 rings (SSSR count). The summed E-state index contributed by atoms with van der Waals surface area (Å²) in [5.41, 5.74) is 0.101. The Morgan fingerprint density at radius 3 is 2.52 bits per heavy atom. The van der Waals surface area contributed by atoms with Crippen molar-refractivity contribution >= 4 is 50.7 Å². The summed E-state index contributed by atoms with van der Waals surface area (Å²) < 4.78 is 41.6. The molecule has 1 aromatic heterocycles. The SMILES string of the molecule is CO[C@@H]1[C@@H](n2cc(-c3ccc(Br)c(F)c3F)nn2)[C@@H](O)[C@@H](CO)O[C@H]1C(=O)N(c1cc(Cl)cc(Cl)c1)[C@H]1CCC[C@@H]1O. The molecule has 2 aliphatic rings. The average Bonchev–Trinajstić information content (AvgIpc) is 3.60. The van der Waals surface area contributed by atoms with Crippen LogP contribution in [0.5, 0.6) is 0 Å². The zero-order valence-electron chi connectivity index (χ0n) is 22.1. The molecule has 1 saturated heterocycles. The second-order valence-electron chi connectivity index (χ2n) is 10.2. The Labute approximate surface area is 257 Å². The third kappa shape index (κ3) is 5.81. The molecular formula is C27H27BrCl2F2N4O6. The summed E-state index contributed by atoms with van der Waals surface area (Å²) in [6.07, 6.45) is -3.27. The summed E-state index contributed by atoms with van der Waals surface area (Å²) in [6.45, 7) is -0.666. The number of anilines is 1. The number of hydrogen-bond donors (Lipinski definition) is 3. The van der Waals surface area contributed by atoms with Crippen molar-refractivity contribution in [1.82, 2.24) is 15.0 Å². The van der Waals surface area contributed by atoms with Gasteiger partial charge in [-0.2, -0.15) is 0 Å². The first-order valence-corrected chi connectivity index (χ1v) is 14.6. The molecule has 15 heteroatoms. The maximum Gasteiger partial charge on any atom is 0.259 e. The highest BCUT2D eigenvalue weighted by Crippen LogP contribution is 2.38. The molecule has 2 aromatic carbocycles. The van der Waals surface area contributed by atoms with E-state index in [1.165, 1.54) is 53.2 Å². The van der Waals surface area contributed by atoms with E-state index in [1.807, 2.05) is 0 Å². The number of carbonyl (C=O) groups excluding carboxylic acids is 1. The van der Waals surface area contributed by atoms with Crippen molar-refractivity contribution in [1.29, 1.82) is 0 Å². The lowest BCUT2D eigenvalue weighted by molar-refractivity contribution is -0.211. The van der Waals surface area contributed by atoms with Crippen LogP contribution in [0.3, 0.4) is 0 Å². The van der Waals surface area contributed by atoms with Crippen molar-refractivity contribution < 1.29 is 38.4 Å². The number of rotatable bonds is 7. The molecule has 2 heterocycles. The Morgan fingerprint density at radius 1 is 1.19 bits per heavy atom. The summed E-state index contributed by atoms with van der Waals surface area (Å²) in [5.74, 6) is -2.90. The normalized spacial score (nSPS) is 27.8. The van der Waals surface area contributed by atoms with Gasteiger partial charge >= 0.3 is 0 Å². The maximum absolute atomic E-state index is 14.7. The first-order valence-electron chi connectivity index (χ1n) is 13.1. The fourth-order valence-electron chi connectivity index (χ4n) is 5.65. The number of nitrogens with zero attached hydrogens (tertiary/aromatic N) is 4. The summed E-state index contributed by atoms with van der Waals surface area (Å²) in [6, 6.07) is 5.41. The molecule has 10 nitrogen and oxygen atoms in total. The molecule has 0 spiro atoms. The molecule has 7 atom stereocenters. The highest BCUT2D eigenvalue weighted by atomic mass is 79.9. The lowest BCUT2D eigenvalue weighted by atomic mass is 9.91. The van der Waals surface area contributed by atoms with Gasteiger partial charge in [-0.1, -0.05) is 28.4 Å². The van der Waals surface area contributed by atoms with E-state index in [-0.39, 0.29) is 25.8 Å². The van der Waals surface area contributed by atoms with E-state index >= 15 is 0 Å². The predicted molar refractivity (Wildman–Crippen MR) is 152 cm³/mol. The van der Waals surface area contributed by atoms with Crippen LogP contribution in [0.4, 0.5) is 14.5 Å². The molecule has 42 heavy (non-hydrogen) atoms. The van der Waals surface area contributed by atoms with Gasteiger partial charge in [0.25, 0.3) is 5.91 Å². The van der Waals surface area contributed by atoms with Crippen LogP contribution in [0.2, 0.25) is 10.0 Å². The van der Waals surface area contributed by atoms with Crippen molar-refractivity contribution in [2.75, 3.05) is 18.6 Å². The van der Waals surface area contributed by atoms with Gasteiger partial charge in [-0.15, -0.1) is 5.10 Å². The molecule has 3 N–H and O–H groups in total. The highest BCUT2D eigenvalue weighted by molar-refractivity contribution is 9.10. The van der Waals surface area contributed by atoms with E-state index in [2.05, 4.69) is 26.2 Å². The second kappa shape index (κ2) is 12.8. The number of aliphatic hydroxyl groups is 3. The van der Waals surface area contributed by atoms with Gasteiger partial charge in [0.15, 0.2) is 17.7 Å². The topological polar surface area (TPSA) is 130 Å². The van der Waals surface area contributed by atoms with Gasteiger partial charge in [0.05, 0.1) is 29.4 Å². The van der Waals surface area contributed by atoms with Gasteiger partial charge in [0.2, 0.25) is 0 Å². The van der Waals surface area contributed by atoms with Crippen molar-refractivity contribution in [3.63, 3.8) is 0 Å². The molecule has 0 bridgehead atoms. The molecule has 3 aromatic rings. The highest BCUT2D eigenvalue weighted by Gasteiger charge is 2.52. The molecule has 226 valence electrons. The molecule has 1 aliphatic heterocycles.